The van der Waals surface area contributed by atoms with Crippen molar-refractivity contribution in [1.82, 2.24) is 9.88 Å². The number of carbonyl (C=O) groups is 1. The second-order valence-corrected chi connectivity index (χ2v) is 10.0. The fourth-order valence-electron chi connectivity index (χ4n) is 4.57. The molecule has 0 amide bonds. The highest BCUT2D eigenvalue weighted by molar-refractivity contribution is 6.33. The van der Waals surface area contributed by atoms with Crippen LogP contribution in [-0.4, -0.2) is 70.6 Å². The van der Waals surface area contributed by atoms with Crippen LogP contribution in [0.5, 0.6) is 5.75 Å². The summed E-state index contributed by atoms with van der Waals surface area (Å²) in [7, 11) is 0. The van der Waals surface area contributed by atoms with E-state index in [4.69, 9.17) is 38.2 Å². The zero-order chi connectivity index (χ0) is 26.6. The van der Waals surface area contributed by atoms with Crippen LogP contribution in [0, 0.1) is 0 Å². The van der Waals surface area contributed by atoms with Crippen LogP contribution in [0.15, 0.2) is 60.8 Å². The van der Waals surface area contributed by atoms with Gasteiger partial charge in [0.05, 0.1) is 34.6 Å². The van der Waals surface area contributed by atoms with E-state index in [0.29, 0.717) is 47.7 Å². The van der Waals surface area contributed by atoms with Gasteiger partial charge >= 0.3 is 5.97 Å². The summed E-state index contributed by atoms with van der Waals surface area (Å²) in [6.07, 6.45) is 1.26. The quantitative estimate of drug-likeness (QED) is 0.366. The Morgan fingerprint density at radius 3 is 2.51 bits per heavy atom. The van der Waals surface area contributed by atoms with E-state index in [1.807, 2.05) is 36.4 Å². The molecule has 2 heterocycles. The molecule has 0 radical (unpaired) electrons. The van der Waals surface area contributed by atoms with Gasteiger partial charge in [-0.05, 0) is 48.9 Å². The highest BCUT2D eigenvalue weighted by atomic mass is 35.5. The van der Waals surface area contributed by atoms with Crippen LogP contribution in [-0.2, 0) is 5.60 Å². The Balaban J connectivity index is 1.57. The summed E-state index contributed by atoms with van der Waals surface area (Å²) in [6, 6.07) is 16.1. The van der Waals surface area contributed by atoms with E-state index < -0.39 is 11.6 Å². The molecular weight excluding hydrogens is 517 g/mol. The van der Waals surface area contributed by atoms with Crippen molar-refractivity contribution in [2.24, 2.45) is 0 Å². The number of piperazine rings is 1. The van der Waals surface area contributed by atoms with E-state index in [-0.39, 0.29) is 24.8 Å². The molecule has 37 heavy (non-hydrogen) atoms. The molecule has 0 spiro atoms. The lowest BCUT2D eigenvalue weighted by Gasteiger charge is -2.45. The lowest BCUT2D eigenvalue weighted by Crippen LogP contribution is -2.52. The first kappa shape index (κ1) is 27.2. The molecule has 1 fully saturated rings. The lowest BCUT2D eigenvalue weighted by molar-refractivity contribution is 0.00670. The zero-order valence-electron chi connectivity index (χ0n) is 20.3. The number of carboxylic acid groups (broad SMARTS) is 1. The first-order valence-corrected chi connectivity index (χ1v) is 12.6. The summed E-state index contributed by atoms with van der Waals surface area (Å²) < 4.78 is 5.50. The normalized spacial score (nSPS) is 17.9. The molecule has 0 unspecified atom stereocenters. The monoisotopic (exact) mass is 545 g/mol. The van der Waals surface area contributed by atoms with Crippen molar-refractivity contribution in [2.45, 2.75) is 18.6 Å². The summed E-state index contributed by atoms with van der Waals surface area (Å²) in [5.74, 6) is -0.478. The number of halogens is 2. The number of aromatic carboxylic acids is 1. The van der Waals surface area contributed by atoms with Crippen molar-refractivity contribution in [2.75, 3.05) is 44.3 Å². The Morgan fingerprint density at radius 2 is 1.89 bits per heavy atom. The van der Waals surface area contributed by atoms with E-state index in [9.17, 15) is 9.90 Å². The molecule has 2 atom stereocenters. The SMILES string of the molecule is C[C@@](O)(CN1CCN(c2ccc(OCCO)cc2Cl)[C@H](c2ccc(Cl)cc2)C1)c1ccc(C(=O)O)cn1. The van der Waals surface area contributed by atoms with E-state index in [1.165, 1.54) is 12.3 Å². The van der Waals surface area contributed by atoms with Crippen LogP contribution in [0.3, 0.4) is 0 Å². The number of rotatable bonds is 9. The molecule has 1 aliphatic rings. The molecular formula is C27H29Cl2N3O5. The number of β-amino-alcohol motifs (C(OH)–C–C–N with tert-alkyl or cyclic N) is 1. The topological polar surface area (TPSA) is 106 Å². The van der Waals surface area contributed by atoms with Gasteiger partial charge in [0.1, 0.15) is 18.0 Å². The van der Waals surface area contributed by atoms with Crippen molar-refractivity contribution < 1.29 is 24.9 Å². The molecule has 10 heteroatoms. The van der Waals surface area contributed by atoms with Crippen LogP contribution < -0.4 is 9.64 Å². The number of aromatic nitrogens is 1. The minimum atomic E-state index is -1.28. The van der Waals surface area contributed by atoms with Gasteiger partial charge in [-0.2, -0.15) is 0 Å². The fraction of sp³-hybridized carbons (Fsp3) is 0.333. The third-order valence-electron chi connectivity index (χ3n) is 6.40. The van der Waals surface area contributed by atoms with E-state index in [0.717, 1.165) is 11.3 Å². The van der Waals surface area contributed by atoms with E-state index in [1.54, 1.807) is 19.1 Å². The van der Waals surface area contributed by atoms with Crippen molar-refractivity contribution >= 4 is 34.9 Å². The summed E-state index contributed by atoms with van der Waals surface area (Å²) in [6.45, 7) is 4.01. The van der Waals surface area contributed by atoms with Crippen molar-refractivity contribution in [3.63, 3.8) is 0 Å². The van der Waals surface area contributed by atoms with Crippen molar-refractivity contribution in [3.05, 3.63) is 87.7 Å². The molecule has 196 valence electrons. The fourth-order valence-corrected chi connectivity index (χ4v) is 4.98. The van der Waals surface area contributed by atoms with Crippen molar-refractivity contribution in [1.29, 1.82) is 0 Å². The zero-order valence-corrected chi connectivity index (χ0v) is 21.9. The predicted molar refractivity (Wildman–Crippen MR) is 143 cm³/mol. The largest absolute Gasteiger partial charge is 0.491 e. The second kappa shape index (κ2) is 11.7. The number of aliphatic hydroxyl groups excluding tert-OH is 1. The maximum absolute atomic E-state index is 11.3. The van der Waals surface area contributed by atoms with Gasteiger partial charge < -0.3 is 25.0 Å². The molecule has 2 aromatic carbocycles. The maximum Gasteiger partial charge on any atom is 0.337 e. The third-order valence-corrected chi connectivity index (χ3v) is 6.96. The molecule has 1 aliphatic heterocycles. The van der Waals surface area contributed by atoms with Gasteiger partial charge in [0.25, 0.3) is 0 Å². The van der Waals surface area contributed by atoms with Crippen LogP contribution in [0.25, 0.3) is 0 Å². The molecule has 1 saturated heterocycles. The summed E-state index contributed by atoms with van der Waals surface area (Å²) in [5.41, 5.74) is 1.10. The van der Waals surface area contributed by atoms with Gasteiger partial charge in [-0.3, -0.25) is 9.88 Å². The van der Waals surface area contributed by atoms with Gasteiger partial charge in [-0.25, -0.2) is 4.79 Å². The number of nitrogens with zero attached hydrogens (tertiary/aromatic N) is 3. The number of anilines is 1. The summed E-state index contributed by atoms with van der Waals surface area (Å²) in [4.78, 5) is 19.7. The summed E-state index contributed by atoms with van der Waals surface area (Å²) in [5, 5.41) is 30.6. The highest BCUT2D eigenvalue weighted by Gasteiger charge is 2.34. The number of pyridine rings is 1. The average Bonchev–Trinajstić information content (AvgIpc) is 2.88. The van der Waals surface area contributed by atoms with Crippen LogP contribution >= 0.6 is 23.2 Å². The van der Waals surface area contributed by atoms with Gasteiger partial charge in [0, 0.05) is 43.5 Å². The van der Waals surface area contributed by atoms with E-state index in [2.05, 4.69) is 14.8 Å². The minimum Gasteiger partial charge on any atom is -0.491 e. The van der Waals surface area contributed by atoms with Gasteiger partial charge in [0.2, 0.25) is 0 Å². The van der Waals surface area contributed by atoms with E-state index >= 15 is 0 Å². The first-order chi connectivity index (χ1) is 17.7. The number of carboxylic acids is 1. The number of hydrogen-bond donors (Lipinski definition) is 3. The Hall–Kier alpha value is -2.88. The first-order valence-electron chi connectivity index (χ1n) is 11.9. The number of benzene rings is 2. The number of hydrogen-bond acceptors (Lipinski definition) is 7. The molecule has 8 nitrogen and oxygen atoms in total. The number of aliphatic hydroxyl groups is 2. The van der Waals surface area contributed by atoms with Gasteiger partial charge in [-0.15, -0.1) is 0 Å². The lowest BCUT2D eigenvalue weighted by atomic mass is 9.97. The van der Waals surface area contributed by atoms with Crippen LogP contribution in [0.4, 0.5) is 5.69 Å². The molecule has 0 aliphatic carbocycles. The summed E-state index contributed by atoms with van der Waals surface area (Å²) >= 11 is 12.8. The average molecular weight is 546 g/mol. The van der Waals surface area contributed by atoms with Gasteiger partial charge in [0.15, 0.2) is 0 Å². The Labute approximate surface area is 225 Å². The minimum absolute atomic E-state index is 0.0700. The smallest absolute Gasteiger partial charge is 0.337 e. The second-order valence-electron chi connectivity index (χ2n) is 9.19. The molecule has 4 rings (SSSR count). The predicted octanol–water partition coefficient (Wildman–Crippen LogP) is 4.23. The Morgan fingerprint density at radius 1 is 1.14 bits per heavy atom. The molecule has 0 bridgehead atoms. The maximum atomic E-state index is 11.3. The van der Waals surface area contributed by atoms with Crippen LogP contribution in [0.2, 0.25) is 10.0 Å². The Kier molecular flexibility index (Phi) is 8.56. The number of ether oxygens (including phenoxy) is 1. The highest BCUT2D eigenvalue weighted by Crippen LogP contribution is 2.38. The molecule has 3 aromatic rings. The van der Waals surface area contributed by atoms with Crippen molar-refractivity contribution in [3.8, 4) is 5.75 Å². The molecule has 0 saturated carbocycles. The molecule has 3 N–H and O–H groups in total. The third kappa shape index (κ3) is 6.52. The molecule has 1 aromatic heterocycles. The van der Waals surface area contributed by atoms with Gasteiger partial charge in [-0.1, -0.05) is 35.3 Å². The Bertz CT molecular complexity index is 1220. The van der Waals surface area contributed by atoms with Crippen LogP contribution in [0.1, 0.15) is 34.6 Å². The standard InChI is InChI=1S/C27H29Cl2N3O5/c1-27(36,25-9-4-19(15-30-25)26(34)35)17-31-10-11-32(24(16-31)18-2-5-20(28)6-3-18)23-8-7-21(14-22(23)29)37-13-12-33/h2-9,14-15,24,33,36H,10-13,16-17H2,1H3,(H,34,35)/t24-,27+/m0/s1.